The highest BCUT2D eigenvalue weighted by atomic mass is 16.5. The summed E-state index contributed by atoms with van der Waals surface area (Å²) < 4.78 is 10.9. The molecule has 0 radical (unpaired) electrons. The molecular formula is C20H34N4O3. The lowest BCUT2D eigenvalue weighted by molar-refractivity contribution is -0.128. The number of ether oxygens (including phenoxy) is 2. The van der Waals surface area contributed by atoms with Gasteiger partial charge in [0.1, 0.15) is 12.4 Å². The maximum atomic E-state index is 11.9. The summed E-state index contributed by atoms with van der Waals surface area (Å²) in [5.74, 6) is 1.54. The minimum Gasteiger partial charge on any atom is -0.491 e. The Hall–Kier alpha value is -2.28. The molecule has 1 rings (SSSR count). The number of hydrogen-bond acceptors (Lipinski definition) is 4. The molecule has 152 valence electrons. The molecule has 27 heavy (non-hydrogen) atoms. The van der Waals surface area contributed by atoms with Crippen LogP contribution in [-0.2, 0) is 16.1 Å². The Morgan fingerprint density at radius 2 is 1.81 bits per heavy atom. The lowest BCUT2D eigenvalue weighted by atomic mass is 9.96. The van der Waals surface area contributed by atoms with Crippen LogP contribution in [0.15, 0.2) is 23.2 Å². The predicted octanol–water partition coefficient (Wildman–Crippen LogP) is 1.85. The van der Waals surface area contributed by atoms with Crippen LogP contribution >= 0.6 is 0 Å². The fraction of sp³-hybridized carbons (Fsp3) is 0.600. The second-order valence-corrected chi connectivity index (χ2v) is 7.31. The maximum absolute atomic E-state index is 11.9. The molecule has 0 saturated heterocycles. The number of hydrogen-bond donors (Lipinski definition) is 3. The van der Waals surface area contributed by atoms with Crippen molar-refractivity contribution in [3.63, 3.8) is 0 Å². The molecule has 0 unspecified atom stereocenters. The first-order chi connectivity index (χ1) is 12.8. The standard InChI is InChI=1S/C20H34N4O3/c1-15-7-8-16(17(13-15)27-12-11-26-6)14-24-19(21-5)23-10-9-22-18(25)20(2,3)4/h7-8,13H,9-12,14H2,1-6H3,(H,22,25)(H2,21,23,24). The Balaban J connectivity index is 2.49. The minimum absolute atomic E-state index is 0.0322. The van der Waals surface area contributed by atoms with Gasteiger partial charge in [-0.1, -0.05) is 32.9 Å². The third-order valence-corrected chi connectivity index (χ3v) is 3.82. The Morgan fingerprint density at radius 1 is 1.11 bits per heavy atom. The predicted molar refractivity (Wildman–Crippen MR) is 109 cm³/mol. The average Bonchev–Trinajstić information content (AvgIpc) is 2.61. The molecule has 0 bridgehead atoms. The maximum Gasteiger partial charge on any atom is 0.225 e. The van der Waals surface area contributed by atoms with Crippen LogP contribution in [-0.4, -0.2) is 52.3 Å². The summed E-state index contributed by atoms with van der Waals surface area (Å²) in [5.41, 5.74) is 1.80. The fourth-order valence-corrected chi connectivity index (χ4v) is 2.20. The second kappa shape index (κ2) is 11.4. The lowest BCUT2D eigenvalue weighted by Crippen LogP contribution is -2.43. The van der Waals surface area contributed by atoms with Gasteiger partial charge in [0, 0.05) is 44.8 Å². The van der Waals surface area contributed by atoms with E-state index in [9.17, 15) is 4.79 Å². The van der Waals surface area contributed by atoms with Gasteiger partial charge in [-0.25, -0.2) is 0 Å². The minimum atomic E-state index is -0.384. The number of carbonyl (C=O) groups excluding carboxylic acids is 1. The van der Waals surface area contributed by atoms with Crippen LogP contribution in [0.3, 0.4) is 0 Å². The Kier molecular flexibility index (Phi) is 9.64. The summed E-state index contributed by atoms with van der Waals surface area (Å²) in [5, 5.41) is 9.37. The van der Waals surface area contributed by atoms with Crippen molar-refractivity contribution in [3.05, 3.63) is 29.3 Å². The molecule has 0 spiro atoms. The van der Waals surface area contributed by atoms with Crippen molar-refractivity contribution in [2.24, 2.45) is 10.4 Å². The zero-order chi connectivity index (χ0) is 20.3. The summed E-state index contributed by atoms with van der Waals surface area (Å²) in [6.07, 6.45) is 0. The molecule has 0 heterocycles. The van der Waals surface area contributed by atoms with Crippen LogP contribution in [0, 0.1) is 12.3 Å². The van der Waals surface area contributed by atoms with E-state index in [1.54, 1.807) is 14.2 Å². The van der Waals surface area contributed by atoms with E-state index in [0.717, 1.165) is 16.9 Å². The number of nitrogens with zero attached hydrogens (tertiary/aromatic N) is 1. The van der Waals surface area contributed by atoms with Gasteiger partial charge in [0.15, 0.2) is 5.96 Å². The van der Waals surface area contributed by atoms with Gasteiger partial charge in [0.25, 0.3) is 0 Å². The zero-order valence-electron chi connectivity index (χ0n) is 17.4. The molecule has 0 aliphatic rings. The Labute approximate surface area is 162 Å². The van der Waals surface area contributed by atoms with Crippen LogP contribution in [0.1, 0.15) is 31.9 Å². The number of benzene rings is 1. The molecule has 7 nitrogen and oxygen atoms in total. The van der Waals surface area contributed by atoms with Crippen LogP contribution in [0.2, 0.25) is 0 Å². The van der Waals surface area contributed by atoms with Gasteiger partial charge in [-0.05, 0) is 18.6 Å². The second-order valence-electron chi connectivity index (χ2n) is 7.31. The van der Waals surface area contributed by atoms with Crippen LogP contribution in [0.25, 0.3) is 0 Å². The van der Waals surface area contributed by atoms with E-state index in [0.29, 0.717) is 38.8 Å². The summed E-state index contributed by atoms with van der Waals surface area (Å²) in [6.45, 7) is 10.5. The number of aliphatic imine (C=N–C) groups is 1. The number of aryl methyl sites for hydroxylation is 1. The number of carbonyl (C=O) groups is 1. The topological polar surface area (TPSA) is 84.0 Å². The summed E-state index contributed by atoms with van der Waals surface area (Å²) >= 11 is 0. The molecule has 7 heteroatoms. The Morgan fingerprint density at radius 3 is 2.44 bits per heavy atom. The van der Waals surface area contributed by atoms with Crippen molar-refractivity contribution < 1.29 is 14.3 Å². The van der Waals surface area contributed by atoms with Gasteiger partial charge in [0.2, 0.25) is 5.91 Å². The molecule has 0 aromatic heterocycles. The van der Waals surface area contributed by atoms with E-state index in [4.69, 9.17) is 9.47 Å². The highest BCUT2D eigenvalue weighted by Gasteiger charge is 2.20. The highest BCUT2D eigenvalue weighted by molar-refractivity contribution is 5.81. The molecule has 1 amide bonds. The molecule has 3 N–H and O–H groups in total. The van der Waals surface area contributed by atoms with E-state index in [1.165, 1.54) is 0 Å². The van der Waals surface area contributed by atoms with Gasteiger partial charge in [-0.15, -0.1) is 0 Å². The van der Waals surface area contributed by atoms with Gasteiger partial charge >= 0.3 is 0 Å². The zero-order valence-corrected chi connectivity index (χ0v) is 17.4. The number of nitrogens with one attached hydrogen (secondary N) is 3. The summed E-state index contributed by atoms with van der Waals surface area (Å²) in [4.78, 5) is 16.1. The van der Waals surface area contributed by atoms with E-state index in [2.05, 4.69) is 27.0 Å². The summed E-state index contributed by atoms with van der Waals surface area (Å²) in [7, 11) is 3.37. The molecule has 0 saturated carbocycles. The van der Waals surface area contributed by atoms with Gasteiger partial charge < -0.3 is 25.4 Å². The molecular weight excluding hydrogens is 344 g/mol. The lowest BCUT2D eigenvalue weighted by Gasteiger charge is -2.18. The number of amides is 1. The first-order valence-corrected chi connectivity index (χ1v) is 9.22. The van der Waals surface area contributed by atoms with E-state index in [1.807, 2.05) is 39.8 Å². The molecule has 0 aliphatic heterocycles. The van der Waals surface area contributed by atoms with Crippen molar-refractivity contribution in [1.82, 2.24) is 16.0 Å². The van der Waals surface area contributed by atoms with Crippen molar-refractivity contribution in [1.29, 1.82) is 0 Å². The Bertz CT molecular complexity index is 624. The monoisotopic (exact) mass is 378 g/mol. The SMILES string of the molecule is CN=C(NCCNC(=O)C(C)(C)C)NCc1ccc(C)cc1OCCOC. The van der Waals surface area contributed by atoms with Gasteiger partial charge in [0.05, 0.1) is 6.61 Å². The third-order valence-electron chi connectivity index (χ3n) is 3.82. The highest BCUT2D eigenvalue weighted by Crippen LogP contribution is 2.20. The van der Waals surface area contributed by atoms with E-state index >= 15 is 0 Å². The summed E-state index contributed by atoms with van der Waals surface area (Å²) in [6, 6.07) is 6.12. The van der Waals surface area contributed by atoms with E-state index < -0.39 is 0 Å². The van der Waals surface area contributed by atoms with Crippen molar-refractivity contribution in [2.75, 3.05) is 40.5 Å². The fourth-order valence-electron chi connectivity index (χ4n) is 2.20. The number of guanidine groups is 1. The van der Waals surface area contributed by atoms with Crippen LogP contribution in [0.4, 0.5) is 0 Å². The average molecular weight is 379 g/mol. The first-order valence-electron chi connectivity index (χ1n) is 9.22. The number of rotatable bonds is 9. The largest absolute Gasteiger partial charge is 0.491 e. The molecule has 1 aromatic rings. The number of methoxy groups -OCH3 is 1. The van der Waals surface area contributed by atoms with Gasteiger partial charge in [-0.2, -0.15) is 0 Å². The van der Waals surface area contributed by atoms with Crippen molar-refractivity contribution >= 4 is 11.9 Å². The van der Waals surface area contributed by atoms with Crippen LogP contribution in [0.5, 0.6) is 5.75 Å². The van der Waals surface area contributed by atoms with E-state index in [-0.39, 0.29) is 11.3 Å². The smallest absolute Gasteiger partial charge is 0.225 e. The van der Waals surface area contributed by atoms with Crippen molar-refractivity contribution in [3.8, 4) is 5.75 Å². The third kappa shape index (κ3) is 8.77. The normalized spacial score (nSPS) is 11.9. The molecule has 0 atom stereocenters. The van der Waals surface area contributed by atoms with Crippen LogP contribution < -0.4 is 20.7 Å². The van der Waals surface area contributed by atoms with Gasteiger partial charge in [-0.3, -0.25) is 9.79 Å². The molecule has 0 fully saturated rings. The van der Waals surface area contributed by atoms with Crippen molar-refractivity contribution in [2.45, 2.75) is 34.2 Å². The quantitative estimate of drug-likeness (QED) is 0.347. The first kappa shape index (κ1) is 22.8. The molecule has 0 aliphatic carbocycles. The molecule has 1 aromatic carbocycles.